The van der Waals surface area contributed by atoms with Gasteiger partial charge in [0, 0.05) is 6.42 Å². The van der Waals surface area contributed by atoms with Crippen molar-refractivity contribution >= 4 is 22.0 Å². The van der Waals surface area contributed by atoms with Gasteiger partial charge in [-0.1, -0.05) is 27.8 Å². The van der Waals surface area contributed by atoms with Crippen LogP contribution in [0.25, 0.3) is 0 Å². The molecule has 0 saturated heterocycles. The van der Waals surface area contributed by atoms with Crippen LogP contribution in [-0.2, 0) is 4.74 Å². The summed E-state index contributed by atoms with van der Waals surface area (Å²) in [6, 6.07) is 0. The molecule has 0 aliphatic rings. The molecule has 56 valence electrons. The van der Waals surface area contributed by atoms with Crippen molar-refractivity contribution in [2.75, 3.05) is 11.9 Å². The molecule has 4 heteroatoms. The minimum Gasteiger partial charge on any atom is -0.449 e. The Labute approximate surface area is 68.0 Å². The van der Waals surface area contributed by atoms with Gasteiger partial charge >= 0.3 is 6.09 Å². The Morgan fingerprint density at radius 3 is 2.80 bits per heavy atom. The molecule has 0 atom stereocenters. The van der Waals surface area contributed by atoms with Gasteiger partial charge in [0.15, 0.2) is 0 Å². The quantitative estimate of drug-likeness (QED) is 0.414. The van der Waals surface area contributed by atoms with Crippen LogP contribution in [0.2, 0.25) is 0 Å². The van der Waals surface area contributed by atoms with E-state index in [0.717, 1.165) is 0 Å². The first-order chi connectivity index (χ1) is 4.77. The second-order valence-electron chi connectivity index (χ2n) is 1.40. The number of alkyl halides is 1. The second kappa shape index (κ2) is 6.43. The minimum absolute atomic E-state index is 0.273. The molecule has 1 amide bonds. The van der Waals surface area contributed by atoms with Crippen LogP contribution in [0, 0.1) is 11.8 Å². The number of carbonyl (C=O) groups excluding carboxylic acids is 1. The van der Waals surface area contributed by atoms with Crippen molar-refractivity contribution in [1.82, 2.24) is 0 Å². The van der Waals surface area contributed by atoms with E-state index in [1.165, 1.54) is 0 Å². The van der Waals surface area contributed by atoms with Crippen molar-refractivity contribution in [2.45, 2.75) is 6.42 Å². The Morgan fingerprint density at radius 2 is 2.30 bits per heavy atom. The normalized spacial score (nSPS) is 7.70. The van der Waals surface area contributed by atoms with Gasteiger partial charge < -0.3 is 10.5 Å². The highest BCUT2D eigenvalue weighted by molar-refractivity contribution is 9.09. The maximum Gasteiger partial charge on any atom is 0.404 e. The fourth-order valence-corrected chi connectivity index (χ4v) is 0.537. The van der Waals surface area contributed by atoms with Crippen LogP contribution < -0.4 is 5.73 Å². The van der Waals surface area contributed by atoms with E-state index in [2.05, 4.69) is 38.2 Å². The van der Waals surface area contributed by atoms with Crippen molar-refractivity contribution < 1.29 is 9.53 Å². The monoisotopic (exact) mass is 205 g/mol. The average Bonchev–Trinajstić information content (AvgIpc) is 1.87. The summed E-state index contributed by atoms with van der Waals surface area (Å²) in [7, 11) is 0. The Hall–Kier alpha value is -0.690. The van der Waals surface area contributed by atoms with Crippen LogP contribution >= 0.6 is 15.9 Å². The van der Waals surface area contributed by atoms with Crippen molar-refractivity contribution in [3.63, 3.8) is 0 Å². The van der Waals surface area contributed by atoms with Crippen molar-refractivity contribution in [1.29, 1.82) is 0 Å². The van der Waals surface area contributed by atoms with E-state index in [1.807, 2.05) is 0 Å². The Bertz CT molecular complexity index is 159. The van der Waals surface area contributed by atoms with Gasteiger partial charge in [-0.25, -0.2) is 4.79 Å². The zero-order valence-corrected chi connectivity index (χ0v) is 6.98. The number of ether oxygens (including phenoxy) is 1. The number of hydrogen-bond acceptors (Lipinski definition) is 2. The highest BCUT2D eigenvalue weighted by Gasteiger charge is 1.88. The van der Waals surface area contributed by atoms with Gasteiger partial charge in [-0.3, -0.25) is 0 Å². The Balaban J connectivity index is 3.13. The number of halogens is 1. The number of nitrogens with two attached hydrogens (primary N) is 1. The smallest absolute Gasteiger partial charge is 0.404 e. The summed E-state index contributed by atoms with van der Waals surface area (Å²) in [5.74, 6) is 5.52. The zero-order valence-electron chi connectivity index (χ0n) is 5.39. The summed E-state index contributed by atoms with van der Waals surface area (Å²) in [6.07, 6.45) is -0.213. The largest absolute Gasteiger partial charge is 0.449 e. The van der Waals surface area contributed by atoms with Gasteiger partial charge in [0.25, 0.3) is 0 Å². The van der Waals surface area contributed by atoms with E-state index >= 15 is 0 Å². The van der Waals surface area contributed by atoms with E-state index in [1.54, 1.807) is 0 Å². The molecule has 0 aromatic carbocycles. The number of amides is 1. The van der Waals surface area contributed by atoms with E-state index in [9.17, 15) is 4.79 Å². The molecular formula is C6H8BrNO2. The number of hydrogen-bond donors (Lipinski definition) is 1. The van der Waals surface area contributed by atoms with Crippen molar-refractivity contribution in [3.8, 4) is 11.8 Å². The van der Waals surface area contributed by atoms with E-state index in [0.29, 0.717) is 11.8 Å². The third-order valence-corrected chi connectivity index (χ3v) is 0.944. The number of rotatable bonds is 2. The van der Waals surface area contributed by atoms with Gasteiger partial charge in [0.1, 0.15) is 6.61 Å². The molecule has 0 unspecified atom stereocenters. The van der Waals surface area contributed by atoms with E-state index in [4.69, 9.17) is 0 Å². The zero-order chi connectivity index (χ0) is 7.82. The van der Waals surface area contributed by atoms with Crippen LogP contribution in [0.3, 0.4) is 0 Å². The summed E-state index contributed by atoms with van der Waals surface area (Å²) in [4.78, 5) is 9.97. The maximum absolute atomic E-state index is 9.97. The fraction of sp³-hybridized carbons (Fsp3) is 0.500. The van der Waals surface area contributed by atoms with E-state index < -0.39 is 6.09 Å². The molecule has 0 aromatic heterocycles. The molecule has 3 nitrogen and oxygen atoms in total. The Kier molecular flexibility index (Phi) is 5.99. The molecular weight excluding hydrogens is 198 g/mol. The van der Waals surface area contributed by atoms with Gasteiger partial charge in [-0.2, -0.15) is 0 Å². The molecule has 0 radical (unpaired) electrons. The van der Waals surface area contributed by atoms with Gasteiger partial charge in [0.05, 0.1) is 5.33 Å². The average molecular weight is 206 g/mol. The van der Waals surface area contributed by atoms with Crippen LogP contribution in [0.5, 0.6) is 0 Å². The topological polar surface area (TPSA) is 52.3 Å². The molecule has 0 rings (SSSR count). The third-order valence-electron chi connectivity index (χ3n) is 0.663. The highest BCUT2D eigenvalue weighted by Crippen LogP contribution is 1.80. The molecule has 10 heavy (non-hydrogen) atoms. The first kappa shape index (κ1) is 9.31. The summed E-state index contributed by atoms with van der Waals surface area (Å²) >= 11 is 3.12. The lowest BCUT2D eigenvalue weighted by atomic mass is 10.4. The standard InChI is InChI=1S/C6H8BrNO2/c7-4-2-1-3-5-10-6(8)9/h3-5H2,(H2,8,9). The SMILES string of the molecule is NC(=O)OCCC#CCBr. The lowest BCUT2D eigenvalue weighted by molar-refractivity contribution is 0.159. The minimum atomic E-state index is -0.749. The van der Waals surface area contributed by atoms with Crippen molar-refractivity contribution in [3.05, 3.63) is 0 Å². The Morgan fingerprint density at radius 1 is 1.60 bits per heavy atom. The highest BCUT2D eigenvalue weighted by atomic mass is 79.9. The molecule has 0 aromatic rings. The molecule has 2 N–H and O–H groups in total. The lowest BCUT2D eigenvalue weighted by Crippen LogP contribution is -2.13. The maximum atomic E-state index is 9.97. The van der Waals surface area contributed by atoms with E-state index in [-0.39, 0.29) is 6.61 Å². The summed E-state index contributed by atoms with van der Waals surface area (Å²) in [6.45, 7) is 0.273. The van der Waals surface area contributed by atoms with Gasteiger partial charge in [-0.05, 0) is 0 Å². The van der Waals surface area contributed by atoms with Crippen LogP contribution in [-0.4, -0.2) is 18.0 Å². The lowest BCUT2D eigenvalue weighted by Gasteiger charge is -1.93. The van der Waals surface area contributed by atoms with Gasteiger partial charge in [-0.15, -0.1) is 0 Å². The fourth-order valence-electron chi connectivity index (χ4n) is 0.338. The molecule has 0 heterocycles. The van der Waals surface area contributed by atoms with Crippen LogP contribution in [0.1, 0.15) is 6.42 Å². The predicted molar refractivity (Wildman–Crippen MR) is 41.7 cm³/mol. The summed E-state index contributed by atoms with van der Waals surface area (Å²) < 4.78 is 4.41. The van der Waals surface area contributed by atoms with Crippen LogP contribution in [0.15, 0.2) is 0 Å². The predicted octanol–water partition coefficient (Wildman–Crippen LogP) is 0.870. The first-order valence-electron chi connectivity index (χ1n) is 2.71. The molecule has 0 aliphatic heterocycles. The third kappa shape index (κ3) is 7.31. The van der Waals surface area contributed by atoms with Crippen LogP contribution in [0.4, 0.5) is 4.79 Å². The van der Waals surface area contributed by atoms with Crippen molar-refractivity contribution in [2.24, 2.45) is 5.73 Å². The summed E-state index contributed by atoms with van der Waals surface area (Å²) in [5, 5.41) is 0.642. The van der Waals surface area contributed by atoms with Gasteiger partial charge in [0.2, 0.25) is 0 Å². The molecule has 0 bridgehead atoms. The molecule has 0 saturated carbocycles. The number of carbonyl (C=O) groups is 1. The number of primary amides is 1. The first-order valence-corrected chi connectivity index (χ1v) is 3.83. The molecule has 0 aliphatic carbocycles. The molecule has 0 spiro atoms. The molecule has 0 fully saturated rings. The second-order valence-corrected chi connectivity index (χ2v) is 1.97. The summed E-state index contributed by atoms with van der Waals surface area (Å²) in [5.41, 5.74) is 4.69.